The number of rotatable bonds is 3. The van der Waals surface area contributed by atoms with Crippen LogP contribution in [0.15, 0.2) is 18.2 Å². The van der Waals surface area contributed by atoms with Crippen LogP contribution >= 0.6 is 0 Å². The lowest BCUT2D eigenvalue weighted by Crippen LogP contribution is -2.16. The van der Waals surface area contributed by atoms with E-state index < -0.39 is 0 Å². The normalized spacial score (nSPS) is 15.6. The van der Waals surface area contributed by atoms with Crippen molar-refractivity contribution >= 4 is 0 Å². The number of benzene rings is 1. The Balaban J connectivity index is 2.11. The summed E-state index contributed by atoms with van der Waals surface area (Å²) in [6.45, 7) is 2.34. The molecule has 0 saturated carbocycles. The van der Waals surface area contributed by atoms with E-state index in [9.17, 15) is 0 Å². The van der Waals surface area contributed by atoms with Crippen molar-refractivity contribution in [1.82, 2.24) is 0 Å². The van der Waals surface area contributed by atoms with Crippen LogP contribution in [0, 0.1) is 0 Å². The van der Waals surface area contributed by atoms with Crippen molar-refractivity contribution in [2.45, 2.75) is 25.8 Å². The minimum absolute atomic E-state index is 0.238. The van der Waals surface area contributed by atoms with Crippen LogP contribution in [0.5, 0.6) is 11.5 Å². The van der Waals surface area contributed by atoms with Crippen LogP contribution in [-0.4, -0.2) is 12.8 Å². The number of hydrogen-bond donors (Lipinski definition) is 1. The molecular weight excluding hydrogens is 178 g/mol. The minimum atomic E-state index is 0.238. The molecule has 2 rings (SSSR count). The number of aryl methyl sites for hydroxylation is 1. The molecule has 76 valence electrons. The Morgan fingerprint density at radius 3 is 3.07 bits per heavy atom. The molecule has 1 heterocycles. The number of nitrogens with two attached hydrogens (primary N) is 1. The van der Waals surface area contributed by atoms with Crippen molar-refractivity contribution < 1.29 is 9.47 Å². The van der Waals surface area contributed by atoms with E-state index in [0.29, 0.717) is 6.79 Å². The summed E-state index contributed by atoms with van der Waals surface area (Å²) in [4.78, 5) is 0. The average Bonchev–Trinajstić information content (AvgIpc) is 2.17. The SMILES string of the molecule is C[C@@H](N)CCc1ccc2cc1OCO2. The maximum atomic E-state index is 5.71. The van der Waals surface area contributed by atoms with Crippen LogP contribution in [-0.2, 0) is 6.42 Å². The van der Waals surface area contributed by atoms with Crippen LogP contribution in [0.3, 0.4) is 0 Å². The lowest BCUT2D eigenvalue weighted by atomic mass is 10.1. The highest BCUT2D eigenvalue weighted by Crippen LogP contribution is 2.29. The third kappa shape index (κ3) is 1.99. The van der Waals surface area contributed by atoms with E-state index >= 15 is 0 Å². The van der Waals surface area contributed by atoms with E-state index in [-0.39, 0.29) is 6.04 Å². The maximum Gasteiger partial charge on any atom is 0.230 e. The molecule has 1 aliphatic rings. The molecule has 0 saturated heterocycles. The summed E-state index contributed by atoms with van der Waals surface area (Å²) in [5, 5.41) is 0. The van der Waals surface area contributed by atoms with Gasteiger partial charge >= 0.3 is 0 Å². The van der Waals surface area contributed by atoms with Gasteiger partial charge in [-0.25, -0.2) is 0 Å². The largest absolute Gasteiger partial charge is 0.457 e. The molecule has 0 aliphatic carbocycles. The quantitative estimate of drug-likeness (QED) is 0.794. The van der Waals surface area contributed by atoms with Crippen molar-refractivity contribution in [1.29, 1.82) is 0 Å². The van der Waals surface area contributed by atoms with Gasteiger partial charge in [-0.05, 0) is 31.4 Å². The summed E-state index contributed by atoms with van der Waals surface area (Å²) in [5.41, 5.74) is 6.93. The zero-order valence-corrected chi connectivity index (χ0v) is 8.32. The molecule has 0 fully saturated rings. The molecule has 0 amide bonds. The lowest BCUT2D eigenvalue weighted by molar-refractivity contribution is 0.104. The molecule has 0 radical (unpaired) electrons. The number of ether oxygens (including phenoxy) is 2. The highest BCUT2D eigenvalue weighted by Gasteiger charge is 2.11. The Morgan fingerprint density at radius 1 is 1.43 bits per heavy atom. The van der Waals surface area contributed by atoms with Gasteiger partial charge in [-0.1, -0.05) is 6.07 Å². The number of hydrogen-bond acceptors (Lipinski definition) is 3. The van der Waals surface area contributed by atoms with Crippen molar-refractivity contribution in [2.24, 2.45) is 5.73 Å². The summed E-state index contributed by atoms with van der Waals surface area (Å²) >= 11 is 0. The number of fused-ring (bicyclic) bond motifs is 2. The second-order valence-electron chi connectivity index (χ2n) is 3.69. The molecule has 1 atom stereocenters. The first-order chi connectivity index (χ1) is 6.75. The van der Waals surface area contributed by atoms with Gasteiger partial charge < -0.3 is 15.2 Å². The van der Waals surface area contributed by atoms with Gasteiger partial charge in [0.1, 0.15) is 11.5 Å². The van der Waals surface area contributed by atoms with Crippen molar-refractivity contribution in [2.75, 3.05) is 6.79 Å². The van der Waals surface area contributed by atoms with E-state index in [4.69, 9.17) is 15.2 Å². The highest BCUT2D eigenvalue weighted by atomic mass is 16.7. The average molecular weight is 193 g/mol. The van der Waals surface area contributed by atoms with E-state index in [2.05, 4.69) is 0 Å². The fourth-order valence-electron chi connectivity index (χ4n) is 1.51. The molecule has 1 aliphatic heterocycles. The molecule has 3 heteroatoms. The third-order valence-electron chi connectivity index (χ3n) is 2.35. The van der Waals surface area contributed by atoms with Crippen LogP contribution in [0.1, 0.15) is 18.9 Å². The highest BCUT2D eigenvalue weighted by molar-refractivity contribution is 5.42. The molecule has 14 heavy (non-hydrogen) atoms. The van der Waals surface area contributed by atoms with Gasteiger partial charge in [0, 0.05) is 12.1 Å². The van der Waals surface area contributed by atoms with Crippen LogP contribution in [0.2, 0.25) is 0 Å². The molecule has 2 bridgehead atoms. The molecule has 0 aromatic heterocycles. The van der Waals surface area contributed by atoms with Crippen molar-refractivity contribution in [3.8, 4) is 11.5 Å². The predicted octanol–water partition coefficient (Wildman–Crippen LogP) is 1.70. The maximum absolute atomic E-state index is 5.71. The minimum Gasteiger partial charge on any atom is -0.457 e. The van der Waals surface area contributed by atoms with E-state index in [1.165, 1.54) is 5.56 Å². The van der Waals surface area contributed by atoms with Crippen molar-refractivity contribution in [3.05, 3.63) is 23.8 Å². The molecule has 0 unspecified atom stereocenters. The zero-order chi connectivity index (χ0) is 9.97. The fraction of sp³-hybridized carbons (Fsp3) is 0.455. The van der Waals surface area contributed by atoms with Crippen LogP contribution in [0.25, 0.3) is 0 Å². The second-order valence-corrected chi connectivity index (χ2v) is 3.69. The van der Waals surface area contributed by atoms with Crippen LogP contribution in [0.4, 0.5) is 0 Å². The van der Waals surface area contributed by atoms with Gasteiger partial charge in [-0.3, -0.25) is 0 Å². The smallest absolute Gasteiger partial charge is 0.230 e. The molecule has 2 N–H and O–H groups in total. The molecule has 3 nitrogen and oxygen atoms in total. The standard InChI is InChI=1S/C11H15NO2/c1-8(12)2-3-9-4-5-10-6-11(9)14-7-13-10/h4-6,8H,2-3,7,12H2,1H3/t8-/m1/s1. The lowest BCUT2D eigenvalue weighted by Gasteiger charge is -2.19. The molecular formula is C11H15NO2. The monoisotopic (exact) mass is 193 g/mol. The first-order valence-corrected chi connectivity index (χ1v) is 4.90. The van der Waals surface area contributed by atoms with Gasteiger partial charge in [0.2, 0.25) is 6.79 Å². The fourth-order valence-corrected chi connectivity index (χ4v) is 1.51. The first kappa shape index (κ1) is 9.34. The summed E-state index contributed by atoms with van der Waals surface area (Å²) in [6.07, 6.45) is 1.95. The van der Waals surface area contributed by atoms with E-state index in [1.807, 2.05) is 25.1 Å². The Bertz CT molecular complexity index is 323. The van der Waals surface area contributed by atoms with Crippen molar-refractivity contribution in [3.63, 3.8) is 0 Å². The Morgan fingerprint density at radius 2 is 2.29 bits per heavy atom. The Labute approximate surface area is 83.8 Å². The van der Waals surface area contributed by atoms with Gasteiger partial charge in [-0.15, -0.1) is 0 Å². The Kier molecular flexibility index (Phi) is 2.59. The summed E-state index contributed by atoms with van der Waals surface area (Å²) in [7, 11) is 0. The third-order valence-corrected chi connectivity index (χ3v) is 2.35. The second kappa shape index (κ2) is 3.88. The summed E-state index contributed by atoms with van der Waals surface area (Å²) in [6, 6.07) is 6.19. The van der Waals surface area contributed by atoms with Gasteiger partial charge in [-0.2, -0.15) is 0 Å². The van der Waals surface area contributed by atoms with Crippen LogP contribution < -0.4 is 15.2 Å². The molecule has 0 spiro atoms. The van der Waals surface area contributed by atoms with E-state index in [1.54, 1.807) is 0 Å². The van der Waals surface area contributed by atoms with Gasteiger partial charge in [0.05, 0.1) is 0 Å². The summed E-state index contributed by atoms with van der Waals surface area (Å²) in [5.74, 6) is 1.82. The molecule has 1 aromatic rings. The topological polar surface area (TPSA) is 44.5 Å². The predicted molar refractivity (Wildman–Crippen MR) is 54.5 cm³/mol. The Hall–Kier alpha value is -1.22. The van der Waals surface area contributed by atoms with Gasteiger partial charge in [0.25, 0.3) is 0 Å². The summed E-state index contributed by atoms with van der Waals surface area (Å²) < 4.78 is 10.6. The van der Waals surface area contributed by atoms with E-state index in [0.717, 1.165) is 24.3 Å². The molecule has 1 aromatic carbocycles. The first-order valence-electron chi connectivity index (χ1n) is 4.90. The zero-order valence-electron chi connectivity index (χ0n) is 8.32. The van der Waals surface area contributed by atoms with Gasteiger partial charge in [0.15, 0.2) is 0 Å².